The topological polar surface area (TPSA) is 60.6 Å². The third-order valence-electron chi connectivity index (χ3n) is 4.11. The van der Waals surface area contributed by atoms with E-state index in [0.29, 0.717) is 24.7 Å². The van der Waals surface area contributed by atoms with Crippen LogP contribution in [0.5, 0.6) is 11.5 Å². The SMILES string of the molecule is O=C(Cc1c[nH]c2ccccc12)OCc1cc2c(cc1Br)OCCO2. The van der Waals surface area contributed by atoms with Gasteiger partial charge in [0, 0.05) is 27.1 Å². The molecular formula is C19H16BrNO4. The van der Waals surface area contributed by atoms with Gasteiger partial charge in [-0.3, -0.25) is 4.79 Å². The van der Waals surface area contributed by atoms with Crippen LogP contribution < -0.4 is 9.47 Å². The standard InChI is InChI=1S/C19H16BrNO4/c20-15-9-18-17(23-5-6-24-18)7-13(15)11-25-19(22)8-12-10-21-16-4-2-1-3-14(12)16/h1-4,7,9-10,21H,5-6,8,11H2. The molecule has 25 heavy (non-hydrogen) atoms. The van der Waals surface area contributed by atoms with E-state index in [1.807, 2.05) is 42.6 Å². The Hall–Kier alpha value is -2.47. The highest BCUT2D eigenvalue weighted by atomic mass is 79.9. The first-order valence-corrected chi connectivity index (χ1v) is 8.78. The van der Waals surface area contributed by atoms with Crippen molar-refractivity contribution in [1.82, 2.24) is 4.98 Å². The van der Waals surface area contributed by atoms with Crippen LogP contribution in [-0.4, -0.2) is 24.2 Å². The number of ether oxygens (including phenoxy) is 3. The van der Waals surface area contributed by atoms with Crippen molar-refractivity contribution < 1.29 is 19.0 Å². The summed E-state index contributed by atoms with van der Waals surface area (Å²) in [6.45, 7) is 1.24. The van der Waals surface area contributed by atoms with Crippen LogP contribution in [0.25, 0.3) is 10.9 Å². The third kappa shape index (κ3) is 3.35. The second-order valence-electron chi connectivity index (χ2n) is 5.78. The third-order valence-corrected chi connectivity index (χ3v) is 4.85. The molecule has 1 aliphatic rings. The zero-order chi connectivity index (χ0) is 17.2. The molecule has 0 radical (unpaired) electrons. The van der Waals surface area contributed by atoms with E-state index in [1.165, 1.54) is 0 Å². The summed E-state index contributed by atoms with van der Waals surface area (Å²) in [7, 11) is 0. The fraction of sp³-hybridized carbons (Fsp3) is 0.211. The van der Waals surface area contributed by atoms with Crippen molar-refractivity contribution in [3.8, 4) is 11.5 Å². The highest BCUT2D eigenvalue weighted by Gasteiger charge is 2.16. The molecule has 0 saturated heterocycles. The Morgan fingerprint density at radius 2 is 1.88 bits per heavy atom. The van der Waals surface area contributed by atoms with Crippen LogP contribution in [0.4, 0.5) is 0 Å². The zero-order valence-corrected chi connectivity index (χ0v) is 15.0. The van der Waals surface area contributed by atoms with Crippen LogP contribution in [0, 0.1) is 0 Å². The van der Waals surface area contributed by atoms with Gasteiger partial charge in [0.2, 0.25) is 0 Å². The number of para-hydroxylation sites is 1. The van der Waals surface area contributed by atoms with E-state index < -0.39 is 0 Å². The fourth-order valence-corrected chi connectivity index (χ4v) is 3.30. The number of aromatic nitrogens is 1. The summed E-state index contributed by atoms with van der Waals surface area (Å²) < 4.78 is 17.4. The first kappa shape index (κ1) is 16.0. The van der Waals surface area contributed by atoms with Crippen molar-refractivity contribution in [3.05, 3.63) is 58.2 Å². The molecule has 2 aromatic carbocycles. The molecule has 0 unspecified atom stereocenters. The summed E-state index contributed by atoms with van der Waals surface area (Å²) in [4.78, 5) is 15.4. The van der Waals surface area contributed by atoms with Crippen LogP contribution in [0.1, 0.15) is 11.1 Å². The lowest BCUT2D eigenvalue weighted by Crippen LogP contribution is -2.16. The van der Waals surface area contributed by atoms with E-state index in [1.54, 1.807) is 0 Å². The van der Waals surface area contributed by atoms with E-state index in [-0.39, 0.29) is 19.0 Å². The van der Waals surface area contributed by atoms with Crippen LogP contribution >= 0.6 is 15.9 Å². The molecule has 0 amide bonds. The molecule has 1 aromatic heterocycles. The lowest BCUT2D eigenvalue weighted by Gasteiger charge is -2.19. The van der Waals surface area contributed by atoms with Crippen molar-refractivity contribution in [2.75, 3.05) is 13.2 Å². The molecular weight excluding hydrogens is 386 g/mol. The first-order valence-electron chi connectivity index (χ1n) is 7.99. The summed E-state index contributed by atoms with van der Waals surface area (Å²) in [5.41, 5.74) is 2.79. The van der Waals surface area contributed by atoms with Gasteiger partial charge in [-0.15, -0.1) is 0 Å². The Bertz CT molecular complexity index is 934. The van der Waals surface area contributed by atoms with Gasteiger partial charge in [0.1, 0.15) is 19.8 Å². The Labute approximate surface area is 153 Å². The molecule has 0 atom stereocenters. The second-order valence-corrected chi connectivity index (χ2v) is 6.64. The predicted octanol–water partition coefficient (Wildman–Crippen LogP) is 3.99. The number of carbonyl (C=O) groups excluding carboxylic acids is 1. The normalized spacial score (nSPS) is 13.0. The van der Waals surface area contributed by atoms with E-state index in [4.69, 9.17) is 14.2 Å². The number of benzene rings is 2. The van der Waals surface area contributed by atoms with E-state index in [9.17, 15) is 4.79 Å². The quantitative estimate of drug-likeness (QED) is 0.671. The minimum absolute atomic E-state index is 0.179. The van der Waals surface area contributed by atoms with E-state index in [2.05, 4.69) is 20.9 Å². The smallest absolute Gasteiger partial charge is 0.310 e. The number of esters is 1. The molecule has 0 bridgehead atoms. The average Bonchev–Trinajstić information content (AvgIpc) is 3.03. The molecule has 6 heteroatoms. The molecule has 1 N–H and O–H groups in total. The molecule has 0 aliphatic carbocycles. The van der Waals surface area contributed by atoms with Gasteiger partial charge in [-0.25, -0.2) is 0 Å². The maximum atomic E-state index is 12.2. The number of hydrogen-bond donors (Lipinski definition) is 1. The largest absolute Gasteiger partial charge is 0.486 e. The maximum absolute atomic E-state index is 12.2. The highest BCUT2D eigenvalue weighted by molar-refractivity contribution is 9.10. The van der Waals surface area contributed by atoms with Gasteiger partial charge < -0.3 is 19.2 Å². The first-order chi connectivity index (χ1) is 12.2. The Kier molecular flexibility index (Phi) is 4.36. The monoisotopic (exact) mass is 401 g/mol. The van der Waals surface area contributed by atoms with Crippen LogP contribution in [0.3, 0.4) is 0 Å². The van der Waals surface area contributed by atoms with Gasteiger partial charge >= 0.3 is 5.97 Å². The van der Waals surface area contributed by atoms with Crippen LogP contribution in [0.15, 0.2) is 47.1 Å². The Balaban J connectivity index is 1.43. The number of H-pyrrole nitrogens is 1. The summed E-state index contributed by atoms with van der Waals surface area (Å²) >= 11 is 3.49. The van der Waals surface area contributed by atoms with Crippen LogP contribution in [-0.2, 0) is 22.6 Å². The molecule has 0 fully saturated rings. The van der Waals surface area contributed by atoms with Gasteiger partial charge in [0.15, 0.2) is 11.5 Å². The van der Waals surface area contributed by atoms with Gasteiger partial charge in [-0.2, -0.15) is 0 Å². The molecule has 2 heterocycles. The van der Waals surface area contributed by atoms with Crippen LogP contribution in [0.2, 0.25) is 0 Å². The molecule has 128 valence electrons. The van der Waals surface area contributed by atoms with Gasteiger partial charge in [0.05, 0.1) is 6.42 Å². The number of fused-ring (bicyclic) bond motifs is 2. The molecule has 0 saturated carbocycles. The van der Waals surface area contributed by atoms with Gasteiger partial charge in [-0.05, 0) is 23.8 Å². The Morgan fingerprint density at radius 1 is 1.12 bits per heavy atom. The molecule has 4 rings (SSSR count). The van der Waals surface area contributed by atoms with Gasteiger partial charge in [-0.1, -0.05) is 34.1 Å². The van der Waals surface area contributed by atoms with Crippen molar-refractivity contribution in [2.24, 2.45) is 0 Å². The minimum Gasteiger partial charge on any atom is -0.486 e. The Morgan fingerprint density at radius 3 is 2.72 bits per heavy atom. The van der Waals surface area contributed by atoms with Gasteiger partial charge in [0.25, 0.3) is 0 Å². The second kappa shape index (κ2) is 6.80. The van der Waals surface area contributed by atoms with Crippen molar-refractivity contribution in [3.63, 3.8) is 0 Å². The van der Waals surface area contributed by atoms with E-state index in [0.717, 1.165) is 26.5 Å². The summed E-state index contributed by atoms with van der Waals surface area (Å²) in [6.07, 6.45) is 2.08. The zero-order valence-electron chi connectivity index (χ0n) is 13.4. The molecule has 5 nitrogen and oxygen atoms in total. The molecule has 0 spiro atoms. The van der Waals surface area contributed by atoms with Crippen molar-refractivity contribution in [2.45, 2.75) is 13.0 Å². The molecule has 3 aromatic rings. The number of hydrogen-bond acceptors (Lipinski definition) is 4. The number of aromatic amines is 1. The minimum atomic E-state index is -0.272. The maximum Gasteiger partial charge on any atom is 0.310 e. The van der Waals surface area contributed by atoms with Crippen molar-refractivity contribution >= 4 is 32.8 Å². The summed E-state index contributed by atoms with van der Waals surface area (Å²) in [5, 5.41) is 1.04. The number of nitrogens with one attached hydrogen (secondary N) is 1. The number of rotatable bonds is 4. The summed E-state index contributed by atoms with van der Waals surface area (Å²) in [5.74, 6) is 1.11. The number of carbonyl (C=O) groups is 1. The molecule has 1 aliphatic heterocycles. The average molecular weight is 402 g/mol. The highest BCUT2D eigenvalue weighted by Crippen LogP contribution is 2.35. The lowest BCUT2D eigenvalue weighted by molar-refractivity contribution is -0.144. The summed E-state index contributed by atoms with van der Waals surface area (Å²) in [6, 6.07) is 11.6. The van der Waals surface area contributed by atoms with E-state index >= 15 is 0 Å². The fourth-order valence-electron chi connectivity index (χ4n) is 2.86. The predicted molar refractivity (Wildman–Crippen MR) is 96.9 cm³/mol. The van der Waals surface area contributed by atoms with Crippen molar-refractivity contribution in [1.29, 1.82) is 0 Å². The lowest BCUT2D eigenvalue weighted by atomic mass is 10.1. The number of halogens is 1.